The Morgan fingerprint density at radius 2 is 1.95 bits per heavy atom. The molecule has 0 bridgehead atoms. The second kappa shape index (κ2) is 9.01. The number of ether oxygens (including phenoxy) is 1. The molecule has 0 aromatic heterocycles. The number of anilines is 1. The van der Waals surface area contributed by atoms with Crippen molar-refractivity contribution in [1.82, 2.24) is 0 Å². The molecule has 3 N–H and O–H groups in total. The zero-order valence-electron chi connectivity index (χ0n) is 11.1. The molecule has 1 amide bonds. The maximum atomic E-state index is 12.0. The van der Waals surface area contributed by atoms with Crippen LogP contribution in [0, 0.1) is 0 Å². The van der Waals surface area contributed by atoms with Gasteiger partial charge in [-0.1, -0.05) is 0 Å². The highest BCUT2D eigenvalue weighted by atomic mass is 35.5. The Morgan fingerprint density at radius 1 is 1.38 bits per heavy atom. The largest absolute Gasteiger partial charge is 0.573 e. The van der Waals surface area contributed by atoms with Crippen molar-refractivity contribution in [3.63, 3.8) is 0 Å². The minimum Gasteiger partial charge on any atom is -0.406 e. The molecular weight excluding hydrogens is 329 g/mol. The topological polar surface area (TPSA) is 64.4 Å². The molecule has 0 fully saturated rings. The van der Waals surface area contributed by atoms with Crippen LogP contribution in [0.1, 0.15) is 6.42 Å². The van der Waals surface area contributed by atoms with E-state index in [2.05, 4.69) is 10.1 Å². The molecule has 9 heteroatoms. The second-order valence-electron chi connectivity index (χ2n) is 3.95. The number of halogens is 4. The van der Waals surface area contributed by atoms with Crippen molar-refractivity contribution in [1.29, 1.82) is 0 Å². The van der Waals surface area contributed by atoms with Crippen molar-refractivity contribution in [2.75, 3.05) is 17.3 Å². The number of alkyl halides is 3. The number of thioether (sulfide) groups is 1. The summed E-state index contributed by atoms with van der Waals surface area (Å²) in [5, 5.41) is 2.53. The Balaban J connectivity index is 0.00000400. The van der Waals surface area contributed by atoms with Crippen molar-refractivity contribution < 1.29 is 22.7 Å². The monoisotopic (exact) mass is 344 g/mol. The van der Waals surface area contributed by atoms with Crippen LogP contribution < -0.4 is 15.8 Å². The molecule has 1 aromatic rings. The molecule has 0 aliphatic carbocycles. The molecule has 0 saturated heterocycles. The Hall–Kier alpha value is -1.12. The predicted octanol–water partition coefficient (Wildman–Crippen LogP) is 3.03. The van der Waals surface area contributed by atoms with Crippen molar-refractivity contribution in [3.05, 3.63) is 24.3 Å². The standard InChI is InChI=1S/C12H15F3N2O2S.ClH/c1-20-7-6-10(16)11(18)17-8-2-4-9(5-3-8)19-12(13,14)15;/h2-5,10H,6-7,16H2,1H3,(H,17,18);1H. The highest BCUT2D eigenvalue weighted by Gasteiger charge is 2.30. The van der Waals surface area contributed by atoms with E-state index in [0.29, 0.717) is 12.1 Å². The van der Waals surface area contributed by atoms with Crippen molar-refractivity contribution in [3.8, 4) is 5.75 Å². The van der Waals surface area contributed by atoms with E-state index in [1.165, 1.54) is 12.1 Å². The summed E-state index contributed by atoms with van der Waals surface area (Å²) in [6.45, 7) is 0. The normalized spacial score (nSPS) is 12.2. The summed E-state index contributed by atoms with van der Waals surface area (Å²) in [4.78, 5) is 11.7. The van der Waals surface area contributed by atoms with Crippen LogP contribution in [0.2, 0.25) is 0 Å². The lowest BCUT2D eigenvalue weighted by atomic mass is 10.2. The van der Waals surface area contributed by atoms with Crippen LogP contribution in [0.5, 0.6) is 5.75 Å². The highest BCUT2D eigenvalue weighted by Crippen LogP contribution is 2.23. The molecule has 4 nitrogen and oxygen atoms in total. The molecule has 1 aromatic carbocycles. The smallest absolute Gasteiger partial charge is 0.406 e. The van der Waals surface area contributed by atoms with Gasteiger partial charge in [-0.15, -0.1) is 25.6 Å². The molecule has 0 aliphatic rings. The number of nitrogens with two attached hydrogens (primary N) is 1. The molecular formula is C12H16ClF3N2O2S. The van der Waals surface area contributed by atoms with Crippen LogP contribution in [-0.2, 0) is 4.79 Å². The van der Waals surface area contributed by atoms with Crippen LogP contribution in [0.15, 0.2) is 24.3 Å². The molecule has 0 aliphatic heterocycles. The fourth-order valence-electron chi connectivity index (χ4n) is 1.35. The van der Waals surface area contributed by atoms with E-state index < -0.39 is 12.4 Å². The molecule has 1 unspecified atom stereocenters. The van der Waals surface area contributed by atoms with Gasteiger partial charge in [0.2, 0.25) is 5.91 Å². The van der Waals surface area contributed by atoms with E-state index in [1.54, 1.807) is 11.8 Å². The lowest BCUT2D eigenvalue weighted by molar-refractivity contribution is -0.274. The zero-order valence-corrected chi connectivity index (χ0v) is 12.8. The molecule has 0 heterocycles. The number of amides is 1. The van der Waals surface area contributed by atoms with Crippen LogP contribution in [0.4, 0.5) is 18.9 Å². The van der Waals surface area contributed by atoms with Gasteiger partial charge in [-0.2, -0.15) is 11.8 Å². The number of rotatable bonds is 6. The number of nitrogens with one attached hydrogen (secondary N) is 1. The number of carbonyl (C=O) groups excluding carboxylic acids is 1. The summed E-state index contributed by atoms with van der Waals surface area (Å²) < 4.78 is 39.6. The van der Waals surface area contributed by atoms with Gasteiger partial charge >= 0.3 is 6.36 Å². The van der Waals surface area contributed by atoms with E-state index in [9.17, 15) is 18.0 Å². The third-order valence-electron chi connectivity index (χ3n) is 2.33. The zero-order chi connectivity index (χ0) is 15.2. The summed E-state index contributed by atoms with van der Waals surface area (Å²) in [6, 6.07) is 4.24. The Kier molecular flexibility index (Phi) is 8.53. The maximum Gasteiger partial charge on any atom is 0.573 e. The van der Waals surface area contributed by atoms with E-state index in [4.69, 9.17) is 5.73 Å². The first-order valence-corrected chi connectivity index (χ1v) is 7.12. The van der Waals surface area contributed by atoms with Crippen LogP contribution in [-0.4, -0.2) is 30.3 Å². The van der Waals surface area contributed by atoms with E-state index in [0.717, 1.165) is 17.9 Å². The summed E-state index contributed by atoms with van der Waals surface area (Å²) in [6.07, 6.45) is -2.29. The molecule has 0 spiro atoms. The summed E-state index contributed by atoms with van der Waals surface area (Å²) in [5.74, 6) is 0.0400. The van der Waals surface area contributed by atoms with Crippen molar-refractivity contribution >= 4 is 35.8 Å². The molecule has 1 rings (SSSR count). The van der Waals surface area contributed by atoms with Gasteiger partial charge in [0.1, 0.15) is 5.75 Å². The third-order valence-corrected chi connectivity index (χ3v) is 2.97. The van der Waals surface area contributed by atoms with E-state index in [-0.39, 0.29) is 24.1 Å². The lowest BCUT2D eigenvalue weighted by Crippen LogP contribution is -2.36. The van der Waals surface area contributed by atoms with Gasteiger partial charge in [0, 0.05) is 5.69 Å². The molecule has 0 radical (unpaired) electrons. The summed E-state index contributed by atoms with van der Waals surface area (Å²) in [7, 11) is 0. The third kappa shape index (κ3) is 8.03. The fraction of sp³-hybridized carbons (Fsp3) is 0.417. The highest BCUT2D eigenvalue weighted by molar-refractivity contribution is 7.98. The van der Waals surface area contributed by atoms with Gasteiger partial charge in [-0.25, -0.2) is 0 Å². The number of benzene rings is 1. The number of carbonyl (C=O) groups is 1. The van der Waals surface area contributed by atoms with E-state index in [1.807, 2.05) is 6.26 Å². The quantitative estimate of drug-likeness (QED) is 0.832. The molecule has 21 heavy (non-hydrogen) atoms. The second-order valence-corrected chi connectivity index (χ2v) is 4.93. The van der Waals surface area contributed by atoms with Crippen LogP contribution >= 0.6 is 24.2 Å². The number of hydrogen-bond donors (Lipinski definition) is 2. The van der Waals surface area contributed by atoms with Gasteiger partial charge < -0.3 is 15.8 Å². The van der Waals surface area contributed by atoms with Crippen LogP contribution in [0.25, 0.3) is 0 Å². The van der Waals surface area contributed by atoms with Gasteiger partial charge in [-0.3, -0.25) is 4.79 Å². The average molecular weight is 345 g/mol. The van der Waals surface area contributed by atoms with Gasteiger partial charge in [-0.05, 0) is 42.7 Å². The lowest BCUT2D eigenvalue weighted by Gasteiger charge is -2.12. The molecule has 1 atom stereocenters. The molecule has 120 valence electrons. The van der Waals surface area contributed by atoms with Crippen molar-refractivity contribution in [2.24, 2.45) is 5.73 Å². The minimum absolute atomic E-state index is 0. The summed E-state index contributed by atoms with van der Waals surface area (Å²) in [5.41, 5.74) is 6.03. The first-order valence-electron chi connectivity index (χ1n) is 5.73. The first kappa shape index (κ1) is 19.9. The predicted molar refractivity (Wildman–Crippen MR) is 80.0 cm³/mol. The van der Waals surface area contributed by atoms with Crippen LogP contribution in [0.3, 0.4) is 0 Å². The van der Waals surface area contributed by atoms with Crippen molar-refractivity contribution in [2.45, 2.75) is 18.8 Å². The Bertz CT molecular complexity index is 443. The Morgan fingerprint density at radius 3 is 2.43 bits per heavy atom. The maximum absolute atomic E-state index is 12.0. The Labute approximate surface area is 131 Å². The van der Waals surface area contributed by atoms with Gasteiger partial charge in [0.15, 0.2) is 0 Å². The first-order chi connectivity index (χ1) is 9.31. The summed E-state index contributed by atoms with van der Waals surface area (Å²) >= 11 is 1.58. The SMILES string of the molecule is CSCCC(N)C(=O)Nc1ccc(OC(F)(F)F)cc1.Cl. The average Bonchev–Trinajstić information content (AvgIpc) is 2.36. The minimum atomic E-state index is -4.73. The van der Waals surface area contributed by atoms with Gasteiger partial charge in [0.25, 0.3) is 0 Å². The number of hydrogen-bond acceptors (Lipinski definition) is 4. The van der Waals surface area contributed by atoms with Gasteiger partial charge in [0.05, 0.1) is 6.04 Å². The van der Waals surface area contributed by atoms with E-state index >= 15 is 0 Å². The molecule has 0 saturated carbocycles. The fourth-order valence-corrected chi connectivity index (χ4v) is 1.84.